The lowest BCUT2D eigenvalue weighted by Crippen LogP contribution is -2.18. The first-order valence-corrected chi connectivity index (χ1v) is 6.84. The summed E-state index contributed by atoms with van der Waals surface area (Å²) in [5.74, 6) is -0.522. The normalized spacial score (nSPS) is 10.8. The van der Waals surface area contributed by atoms with E-state index in [1.165, 1.54) is 0 Å². The number of amides is 1. The highest BCUT2D eigenvalue weighted by atomic mass is 35.5. The molecule has 0 spiro atoms. The molecule has 0 aliphatic rings. The topological polar surface area (TPSA) is 65.1 Å². The zero-order valence-corrected chi connectivity index (χ0v) is 11.8. The number of hydrogen-bond donors (Lipinski definition) is 3. The van der Waals surface area contributed by atoms with Crippen molar-refractivity contribution in [1.82, 2.24) is 10.5 Å². The molecule has 0 bridgehead atoms. The number of carbonyl (C=O) groups excluding carboxylic acids is 1. The molecule has 1 aromatic heterocycles. The fourth-order valence-electron chi connectivity index (χ4n) is 2.31. The quantitative estimate of drug-likeness (QED) is 0.512. The van der Waals surface area contributed by atoms with Gasteiger partial charge in [-0.1, -0.05) is 29.8 Å². The van der Waals surface area contributed by atoms with Crippen molar-refractivity contribution in [2.24, 2.45) is 0 Å². The molecule has 0 saturated carbocycles. The van der Waals surface area contributed by atoms with Crippen LogP contribution in [0.5, 0.6) is 0 Å². The third-order valence-corrected chi connectivity index (χ3v) is 3.60. The monoisotopic (exact) mass is 300 g/mol. The molecule has 0 saturated heterocycles. The molecule has 1 amide bonds. The van der Waals surface area contributed by atoms with E-state index >= 15 is 0 Å². The van der Waals surface area contributed by atoms with Crippen molar-refractivity contribution in [3.05, 3.63) is 70.4 Å². The second-order valence-electron chi connectivity index (χ2n) is 4.84. The van der Waals surface area contributed by atoms with Gasteiger partial charge in [0, 0.05) is 28.2 Å². The summed E-state index contributed by atoms with van der Waals surface area (Å²) in [6.07, 6.45) is 0.757. The number of hydroxylamine groups is 1. The number of halogens is 1. The molecule has 3 rings (SSSR count). The molecule has 0 aliphatic carbocycles. The van der Waals surface area contributed by atoms with Gasteiger partial charge >= 0.3 is 0 Å². The van der Waals surface area contributed by atoms with Gasteiger partial charge in [0.25, 0.3) is 5.91 Å². The van der Waals surface area contributed by atoms with Gasteiger partial charge < -0.3 is 4.98 Å². The summed E-state index contributed by atoms with van der Waals surface area (Å²) in [6, 6.07) is 15.0. The highest BCUT2D eigenvalue weighted by Crippen LogP contribution is 2.20. The maximum Gasteiger partial charge on any atom is 0.274 e. The van der Waals surface area contributed by atoms with Gasteiger partial charge in [0.15, 0.2) is 0 Å². The number of aromatic nitrogens is 1. The van der Waals surface area contributed by atoms with Crippen LogP contribution in [-0.2, 0) is 6.42 Å². The maximum atomic E-state index is 11.4. The Bertz CT molecular complexity index is 794. The van der Waals surface area contributed by atoms with Crippen LogP contribution in [0.15, 0.2) is 48.5 Å². The SMILES string of the molecule is O=C(NO)c1ccc2cc(Cc3ccc(Cl)cc3)[nH]c2c1. The molecule has 0 atom stereocenters. The van der Waals surface area contributed by atoms with Crippen LogP contribution in [0.4, 0.5) is 0 Å². The minimum atomic E-state index is -0.522. The summed E-state index contributed by atoms with van der Waals surface area (Å²) in [5, 5.41) is 10.4. The number of H-pyrrole nitrogens is 1. The van der Waals surface area contributed by atoms with Gasteiger partial charge in [-0.25, -0.2) is 5.48 Å². The predicted molar refractivity (Wildman–Crippen MR) is 81.8 cm³/mol. The Kier molecular flexibility index (Phi) is 3.64. The van der Waals surface area contributed by atoms with Crippen molar-refractivity contribution >= 4 is 28.4 Å². The Hall–Kier alpha value is -2.30. The molecule has 1 heterocycles. The van der Waals surface area contributed by atoms with Gasteiger partial charge in [0.1, 0.15) is 0 Å². The van der Waals surface area contributed by atoms with Gasteiger partial charge in [-0.05, 0) is 41.3 Å². The molecular formula is C16H13ClN2O2. The summed E-state index contributed by atoms with van der Waals surface area (Å²) >= 11 is 5.87. The molecule has 0 radical (unpaired) electrons. The largest absolute Gasteiger partial charge is 0.358 e. The summed E-state index contributed by atoms with van der Waals surface area (Å²) < 4.78 is 0. The number of aromatic amines is 1. The standard InChI is InChI=1S/C16H13ClN2O2/c17-13-5-1-10(2-6-13)7-14-8-11-3-4-12(16(20)19-21)9-15(11)18-14/h1-6,8-9,18,21H,7H2,(H,19,20). The zero-order chi connectivity index (χ0) is 14.8. The van der Waals surface area contributed by atoms with Crippen molar-refractivity contribution in [2.45, 2.75) is 6.42 Å². The van der Waals surface area contributed by atoms with Crippen LogP contribution < -0.4 is 5.48 Å². The van der Waals surface area contributed by atoms with Crippen molar-refractivity contribution in [3.63, 3.8) is 0 Å². The molecule has 4 nitrogen and oxygen atoms in total. The second kappa shape index (κ2) is 5.60. The molecule has 0 aliphatic heterocycles. The molecule has 3 aromatic rings. The Labute approximate surface area is 126 Å². The summed E-state index contributed by atoms with van der Waals surface area (Å²) in [4.78, 5) is 14.7. The fourth-order valence-corrected chi connectivity index (χ4v) is 2.44. The van der Waals surface area contributed by atoms with E-state index < -0.39 is 5.91 Å². The van der Waals surface area contributed by atoms with Crippen molar-refractivity contribution in [3.8, 4) is 0 Å². The van der Waals surface area contributed by atoms with E-state index in [0.29, 0.717) is 5.56 Å². The number of hydrogen-bond acceptors (Lipinski definition) is 2. The van der Waals surface area contributed by atoms with E-state index in [1.807, 2.05) is 36.4 Å². The molecule has 0 fully saturated rings. The van der Waals surface area contributed by atoms with Crippen LogP contribution in [0, 0.1) is 0 Å². The molecule has 0 unspecified atom stereocenters. The Morgan fingerprint density at radius 3 is 2.62 bits per heavy atom. The van der Waals surface area contributed by atoms with E-state index in [-0.39, 0.29) is 0 Å². The highest BCUT2D eigenvalue weighted by Gasteiger charge is 2.07. The number of benzene rings is 2. The minimum Gasteiger partial charge on any atom is -0.358 e. The first kappa shape index (κ1) is 13.7. The maximum absolute atomic E-state index is 11.4. The number of rotatable bonds is 3. The molecule has 21 heavy (non-hydrogen) atoms. The van der Waals surface area contributed by atoms with Gasteiger partial charge in [-0.2, -0.15) is 0 Å². The number of carbonyl (C=O) groups is 1. The average Bonchev–Trinajstić information content (AvgIpc) is 2.90. The predicted octanol–water partition coefficient (Wildman–Crippen LogP) is 3.53. The van der Waals surface area contributed by atoms with E-state index in [0.717, 1.165) is 33.6 Å². The molecule has 3 N–H and O–H groups in total. The van der Waals surface area contributed by atoms with E-state index in [1.54, 1.807) is 17.6 Å². The van der Waals surface area contributed by atoms with Crippen LogP contribution in [-0.4, -0.2) is 16.1 Å². The zero-order valence-electron chi connectivity index (χ0n) is 11.1. The third-order valence-electron chi connectivity index (χ3n) is 3.35. The van der Waals surface area contributed by atoms with Gasteiger partial charge in [-0.3, -0.25) is 10.0 Å². The molecular weight excluding hydrogens is 288 g/mol. The Morgan fingerprint density at radius 2 is 1.90 bits per heavy atom. The van der Waals surface area contributed by atoms with Crippen LogP contribution in [0.3, 0.4) is 0 Å². The van der Waals surface area contributed by atoms with Crippen LogP contribution in [0.25, 0.3) is 10.9 Å². The van der Waals surface area contributed by atoms with E-state index in [2.05, 4.69) is 4.98 Å². The van der Waals surface area contributed by atoms with Gasteiger partial charge in [0.2, 0.25) is 0 Å². The van der Waals surface area contributed by atoms with Crippen LogP contribution >= 0.6 is 11.6 Å². The minimum absolute atomic E-state index is 0.407. The van der Waals surface area contributed by atoms with Gasteiger partial charge in [0.05, 0.1) is 0 Å². The first-order chi connectivity index (χ1) is 10.2. The summed E-state index contributed by atoms with van der Waals surface area (Å²) in [6.45, 7) is 0. The number of nitrogens with one attached hydrogen (secondary N) is 2. The van der Waals surface area contributed by atoms with Crippen molar-refractivity contribution in [2.75, 3.05) is 0 Å². The van der Waals surface area contributed by atoms with Gasteiger partial charge in [-0.15, -0.1) is 0 Å². The average molecular weight is 301 g/mol. The van der Waals surface area contributed by atoms with Crippen LogP contribution in [0.2, 0.25) is 5.02 Å². The Morgan fingerprint density at radius 1 is 1.14 bits per heavy atom. The van der Waals surface area contributed by atoms with E-state index in [4.69, 9.17) is 16.8 Å². The smallest absolute Gasteiger partial charge is 0.274 e. The molecule has 5 heteroatoms. The molecule has 106 valence electrons. The lowest BCUT2D eigenvalue weighted by molar-refractivity contribution is 0.0706. The summed E-state index contributed by atoms with van der Waals surface area (Å²) in [5.41, 5.74) is 5.10. The lowest BCUT2D eigenvalue weighted by Gasteiger charge is -1.99. The van der Waals surface area contributed by atoms with Crippen molar-refractivity contribution in [1.29, 1.82) is 0 Å². The lowest BCUT2D eigenvalue weighted by atomic mass is 10.1. The van der Waals surface area contributed by atoms with E-state index in [9.17, 15) is 4.79 Å². The first-order valence-electron chi connectivity index (χ1n) is 6.46. The highest BCUT2D eigenvalue weighted by molar-refractivity contribution is 6.30. The Balaban J connectivity index is 1.90. The second-order valence-corrected chi connectivity index (χ2v) is 5.28. The fraction of sp³-hybridized carbons (Fsp3) is 0.0625. The van der Waals surface area contributed by atoms with Crippen molar-refractivity contribution < 1.29 is 10.0 Å². The third kappa shape index (κ3) is 2.91. The number of fused-ring (bicyclic) bond motifs is 1. The molecule has 2 aromatic carbocycles. The van der Waals surface area contributed by atoms with Crippen LogP contribution in [0.1, 0.15) is 21.6 Å². The summed E-state index contributed by atoms with van der Waals surface area (Å²) in [7, 11) is 0.